The van der Waals surface area contributed by atoms with Crippen LogP contribution in [0, 0.1) is 10.1 Å². The molecule has 1 aliphatic heterocycles. The maximum Gasteiger partial charge on any atom is 0.288 e. The molecule has 6 nitrogen and oxygen atoms in total. The molecule has 0 bridgehead atoms. The Balaban J connectivity index is 2.06. The van der Waals surface area contributed by atoms with Crippen molar-refractivity contribution in [2.45, 2.75) is 0 Å². The Kier molecular flexibility index (Phi) is 4.34. The van der Waals surface area contributed by atoms with E-state index in [2.05, 4.69) is 17.0 Å². The molecule has 0 radical (unpaired) electrons. The van der Waals surface area contributed by atoms with Gasteiger partial charge >= 0.3 is 0 Å². The van der Waals surface area contributed by atoms with Crippen molar-refractivity contribution in [2.24, 2.45) is 5.10 Å². The molecule has 0 atom stereocenters. The molecular formula is C12H15ClN4O2. The molecule has 1 aliphatic rings. The largest absolute Gasteiger partial charge is 0.303 e. The molecular weight excluding hydrogens is 268 g/mol. The molecule has 1 aromatic carbocycles. The number of likely N-dealkylation sites (N-methyl/N-ethyl adjacent to an activating group) is 1. The molecule has 19 heavy (non-hydrogen) atoms. The Bertz CT molecular complexity index is 499. The number of nitro benzene ring substituents is 1. The van der Waals surface area contributed by atoms with Crippen molar-refractivity contribution < 1.29 is 4.92 Å². The van der Waals surface area contributed by atoms with Gasteiger partial charge < -0.3 is 4.90 Å². The van der Waals surface area contributed by atoms with E-state index in [9.17, 15) is 10.1 Å². The average Bonchev–Trinajstić information content (AvgIpc) is 2.39. The van der Waals surface area contributed by atoms with Gasteiger partial charge in [-0.25, -0.2) is 0 Å². The number of hydrogen-bond donors (Lipinski definition) is 0. The number of nitro groups is 1. The Morgan fingerprint density at radius 1 is 1.37 bits per heavy atom. The van der Waals surface area contributed by atoms with Crippen LogP contribution in [0.5, 0.6) is 0 Å². The van der Waals surface area contributed by atoms with Gasteiger partial charge in [0, 0.05) is 37.8 Å². The third-order valence-electron chi connectivity index (χ3n) is 3.02. The minimum Gasteiger partial charge on any atom is -0.303 e. The van der Waals surface area contributed by atoms with Gasteiger partial charge in [-0.15, -0.1) is 0 Å². The molecule has 102 valence electrons. The second kappa shape index (κ2) is 5.99. The van der Waals surface area contributed by atoms with Crippen LogP contribution in [0.3, 0.4) is 0 Å². The first-order chi connectivity index (χ1) is 9.06. The Morgan fingerprint density at radius 3 is 2.68 bits per heavy atom. The minimum atomic E-state index is -0.491. The predicted octanol–water partition coefficient (Wildman–Crippen LogP) is 1.83. The lowest BCUT2D eigenvalue weighted by atomic mass is 10.2. The van der Waals surface area contributed by atoms with Gasteiger partial charge in [0.15, 0.2) is 0 Å². The second-order valence-electron chi connectivity index (χ2n) is 4.47. The molecule has 0 N–H and O–H groups in total. The van der Waals surface area contributed by atoms with Gasteiger partial charge in [-0.05, 0) is 13.1 Å². The van der Waals surface area contributed by atoms with E-state index in [1.165, 1.54) is 12.1 Å². The molecule has 0 amide bonds. The quantitative estimate of drug-likeness (QED) is 0.482. The highest BCUT2D eigenvalue weighted by Gasteiger charge is 2.13. The van der Waals surface area contributed by atoms with Crippen LogP contribution in [-0.2, 0) is 0 Å². The zero-order chi connectivity index (χ0) is 13.8. The van der Waals surface area contributed by atoms with Gasteiger partial charge in [-0.3, -0.25) is 15.1 Å². The van der Waals surface area contributed by atoms with Crippen LogP contribution < -0.4 is 0 Å². The number of hydrazone groups is 1. The van der Waals surface area contributed by atoms with Crippen LogP contribution in [0.2, 0.25) is 5.02 Å². The maximum absolute atomic E-state index is 10.8. The molecule has 1 aromatic rings. The number of hydrogen-bond acceptors (Lipinski definition) is 5. The molecule has 1 saturated heterocycles. The maximum atomic E-state index is 10.8. The van der Waals surface area contributed by atoms with E-state index >= 15 is 0 Å². The SMILES string of the molecule is CN1CCN(/N=C/c2ccc(Cl)c([N+](=O)[O-])c2)CC1. The highest BCUT2D eigenvalue weighted by Crippen LogP contribution is 2.24. The number of halogens is 1. The Labute approximate surface area is 116 Å². The Hall–Kier alpha value is -1.66. The van der Waals surface area contributed by atoms with Crippen LogP contribution in [-0.4, -0.2) is 54.3 Å². The van der Waals surface area contributed by atoms with Crippen molar-refractivity contribution in [2.75, 3.05) is 33.2 Å². The van der Waals surface area contributed by atoms with Crippen LogP contribution in [0.25, 0.3) is 0 Å². The fraction of sp³-hybridized carbons (Fsp3) is 0.417. The summed E-state index contributed by atoms with van der Waals surface area (Å²) < 4.78 is 0. The minimum absolute atomic E-state index is 0.0935. The summed E-state index contributed by atoms with van der Waals surface area (Å²) >= 11 is 5.75. The summed E-state index contributed by atoms with van der Waals surface area (Å²) in [6.45, 7) is 3.67. The van der Waals surface area contributed by atoms with Crippen molar-refractivity contribution in [3.8, 4) is 0 Å². The molecule has 0 spiro atoms. The summed E-state index contributed by atoms with van der Waals surface area (Å²) in [4.78, 5) is 12.5. The standard InChI is InChI=1S/C12H15ClN4O2/c1-15-4-6-16(7-5-15)14-9-10-2-3-11(13)12(8-10)17(18)19/h2-3,8-9H,4-7H2,1H3/b14-9+. The highest BCUT2D eigenvalue weighted by molar-refractivity contribution is 6.32. The van der Waals surface area contributed by atoms with Gasteiger partial charge in [-0.2, -0.15) is 5.10 Å². The van der Waals surface area contributed by atoms with E-state index in [0.717, 1.165) is 26.2 Å². The summed E-state index contributed by atoms with van der Waals surface area (Å²) in [7, 11) is 2.07. The summed E-state index contributed by atoms with van der Waals surface area (Å²) in [5, 5.41) is 17.2. The first-order valence-corrected chi connectivity index (χ1v) is 6.35. The van der Waals surface area contributed by atoms with Crippen molar-refractivity contribution in [3.05, 3.63) is 38.9 Å². The first kappa shape index (κ1) is 13.8. The molecule has 7 heteroatoms. The second-order valence-corrected chi connectivity index (χ2v) is 4.88. The van der Waals surface area contributed by atoms with Gasteiger partial charge in [0.2, 0.25) is 0 Å². The lowest BCUT2D eigenvalue weighted by Gasteiger charge is -2.30. The molecule has 1 heterocycles. The molecule has 0 saturated carbocycles. The highest BCUT2D eigenvalue weighted by atomic mass is 35.5. The van der Waals surface area contributed by atoms with E-state index in [4.69, 9.17) is 11.6 Å². The number of rotatable bonds is 3. The summed E-state index contributed by atoms with van der Waals surface area (Å²) in [5.74, 6) is 0. The van der Waals surface area contributed by atoms with Gasteiger partial charge in [-0.1, -0.05) is 17.7 Å². The molecule has 1 fully saturated rings. The van der Waals surface area contributed by atoms with Crippen LogP contribution >= 0.6 is 11.6 Å². The molecule has 2 rings (SSSR count). The van der Waals surface area contributed by atoms with E-state index in [1.54, 1.807) is 12.3 Å². The van der Waals surface area contributed by atoms with Crippen LogP contribution in [0.4, 0.5) is 5.69 Å². The van der Waals surface area contributed by atoms with Crippen molar-refractivity contribution in [1.29, 1.82) is 0 Å². The zero-order valence-electron chi connectivity index (χ0n) is 10.6. The first-order valence-electron chi connectivity index (χ1n) is 5.97. The molecule has 0 aliphatic carbocycles. The third kappa shape index (κ3) is 3.65. The van der Waals surface area contributed by atoms with E-state index in [1.807, 2.05) is 5.01 Å². The van der Waals surface area contributed by atoms with Gasteiger partial charge in [0.05, 0.1) is 11.1 Å². The van der Waals surface area contributed by atoms with Gasteiger partial charge in [0.1, 0.15) is 5.02 Å². The summed E-state index contributed by atoms with van der Waals surface area (Å²) in [5.41, 5.74) is 0.582. The molecule has 0 aromatic heterocycles. The van der Waals surface area contributed by atoms with E-state index in [0.29, 0.717) is 5.56 Å². The fourth-order valence-electron chi connectivity index (χ4n) is 1.81. The predicted molar refractivity (Wildman–Crippen MR) is 74.8 cm³/mol. The smallest absolute Gasteiger partial charge is 0.288 e. The normalized spacial score (nSPS) is 17.1. The van der Waals surface area contributed by atoms with Crippen molar-refractivity contribution in [1.82, 2.24) is 9.91 Å². The fourth-order valence-corrected chi connectivity index (χ4v) is 2.00. The van der Waals surface area contributed by atoms with Crippen LogP contribution in [0.1, 0.15) is 5.56 Å². The zero-order valence-corrected chi connectivity index (χ0v) is 11.4. The monoisotopic (exact) mass is 282 g/mol. The van der Waals surface area contributed by atoms with Crippen LogP contribution in [0.15, 0.2) is 23.3 Å². The topological polar surface area (TPSA) is 62.0 Å². The van der Waals surface area contributed by atoms with E-state index < -0.39 is 4.92 Å². The third-order valence-corrected chi connectivity index (χ3v) is 3.34. The number of nitrogens with zero attached hydrogens (tertiary/aromatic N) is 4. The molecule has 0 unspecified atom stereocenters. The number of piperazine rings is 1. The van der Waals surface area contributed by atoms with Crippen molar-refractivity contribution in [3.63, 3.8) is 0 Å². The summed E-state index contributed by atoms with van der Waals surface area (Å²) in [6.07, 6.45) is 1.63. The van der Waals surface area contributed by atoms with Crippen molar-refractivity contribution >= 4 is 23.5 Å². The lowest BCUT2D eigenvalue weighted by molar-refractivity contribution is -0.384. The average molecular weight is 283 g/mol. The van der Waals surface area contributed by atoms with E-state index in [-0.39, 0.29) is 10.7 Å². The lowest BCUT2D eigenvalue weighted by Crippen LogP contribution is -2.41. The van der Waals surface area contributed by atoms with Gasteiger partial charge in [0.25, 0.3) is 5.69 Å². The Morgan fingerprint density at radius 2 is 2.05 bits per heavy atom. The summed E-state index contributed by atoms with van der Waals surface area (Å²) in [6, 6.07) is 4.67. The number of benzene rings is 1.